The molecule has 5 rings (SSSR count). The van der Waals surface area contributed by atoms with Crippen molar-refractivity contribution in [2.45, 2.75) is 18.9 Å². The Morgan fingerprint density at radius 1 is 0.868 bits per heavy atom. The van der Waals surface area contributed by atoms with Gasteiger partial charge in [0.2, 0.25) is 0 Å². The molecule has 1 saturated carbocycles. The van der Waals surface area contributed by atoms with Crippen LogP contribution in [0, 0.1) is 0 Å². The molecule has 3 aromatic rings. The van der Waals surface area contributed by atoms with Crippen LogP contribution in [-0.4, -0.2) is 51.3 Å². The summed E-state index contributed by atoms with van der Waals surface area (Å²) in [6.45, 7) is 3.05. The molecule has 0 bridgehead atoms. The van der Waals surface area contributed by atoms with E-state index in [0.29, 0.717) is 27.0 Å². The minimum atomic E-state index is -0.471. The van der Waals surface area contributed by atoms with Crippen LogP contribution in [0.4, 0.5) is 27.5 Å². The van der Waals surface area contributed by atoms with Crippen molar-refractivity contribution in [3.05, 3.63) is 76.3 Å². The monoisotopic (exact) mass is 553 g/mol. The maximum Gasteiger partial charge on any atom is 0.323 e. The number of halogens is 2. The van der Waals surface area contributed by atoms with Crippen LogP contribution in [0.5, 0.6) is 5.75 Å². The predicted molar refractivity (Wildman–Crippen MR) is 153 cm³/mol. The second-order valence-electron chi connectivity index (χ2n) is 9.33. The molecule has 10 heteroatoms. The lowest BCUT2D eigenvalue weighted by molar-refractivity contribution is 0.0951. The highest BCUT2D eigenvalue weighted by molar-refractivity contribution is 6.36. The standard InChI is InChI=1S/C28H29Cl2N5O3/c1-38-26-5-3-2-4-25(26)35-14-12-34(13-15-35)24-11-9-20(17-21(24)27(36)31-19-7-8-19)32-28(37)33-23-10-6-18(29)16-22(23)30/h2-6,9-11,16-17,19H,7-8,12-15H2,1H3,(H,31,36)(H2,32,33,37). The third-order valence-electron chi connectivity index (χ3n) is 6.64. The van der Waals surface area contributed by atoms with Gasteiger partial charge in [0.1, 0.15) is 5.75 Å². The number of amides is 3. The number of rotatable bonds is 7. The molecule has 2 aliphatic rings. The van der Waals surface area contributed by atoms with Crippen molar-refractivity contribution in [1.29, 1.82) is 0 Å². The summed E-state index contributed by atoms with van der Waals surface area (Å²) in [5.41, 5.74) is 3.38. The van der Waals surface area contributed by atoms with Crippen LogP contribution >= 0.6 is 23.2 Å². The molecule has 38 heavy (non-hydrogen) atoms. The highest BCUT2D eigenvalue weighted by Gasteiger charge is 2.28. The molecular formula is C28H29Cl2N5O3. The molecule has 3 aromatic carbocycles. The number of nitrogens with zero attached hydrogens (tertiary/aromatic N) is 2. The lowest BCUT2D eigenvalue weighted by Crippen LogP contribution is -2.47. The minimum Gasteiger partial charge on any atom is -0.495 e. The molecule has 1 saturated heterocycles. The van der Waals surface area contributed by atoms with Gasteiger partial charge in [0.05, 0.1) is 29.1 Å². The predicted octanol–water partition coefficient (Wildman–Crippen LogP) is 5.86. The Hall–Kier alpha value is -3.62. The van der Waals surface area contributed by atoms with Crippen molar-refractivity contribution in [2.75, 3.05) is 53.7 Å². The number of piperazine rings is 1. The van der Waals surface area contributed by atoms with Crippen LogP contribution in [-0.2, 0) is 0 Å². The van der Waals surface area contributed by atoms with Crippen LogP contribution in [0.3, 0.4) is 0 Å². The number of nitrogens with one attached hydrogen (secondary N) is 3. The SMILES string of the molecule is COc1ccccc1N1CCN(c2ccc(NC(=O)Nc3ccc(Cl)cc3Cl)cc2C(=O)NC2CC2)CC1. The van der Waals surface area contributed by atoms with E-state index < -0.39 is 6.03 Å². The number of carbonyl (C=O) groups excluding carboxylic acids is 2. The number of anilines is 4. The molecule has 0 radical (unpaired) electrons. The van der Waals surface area contributed by atoms with E-state index in [-0.39, 0.29) is 11.9 Å². The summed E-state index contributed by atoms with van der Waals surface area (Å²) in [6.07, 6.45) is 1.97. The van der Waals surface area contributed by atoms with Crippen LogP contribution in [0.1, 0.15) is 23.2 Å². The normalized spacial score (nSPS) is 15.1. The molecular weight excluding hydrogens is 525 g/mol. The summed E-state index contributed by atoms with van der Waals surface area (Å²) in [5, 5.41) is 9.42. The number of hydrogen-bond donors (Lipinski definition) is 3. The molecule has 3 N–H and O–H groups in total. The molecule has 1 aliphatic carbocycles. The quantitative estimate of drug-likeness (QED) is 0.341. The van der Waals surface area contributed by atoms with Crippen LogP contribution in [0.2, 0.25) is 10.0 Å². The lowest BCUT2D eigenvalue weighted by Gasteiger charge is -2.38. The molecule has 0 unspecified atom stereocenters. The van der Waals surface area contributed by atoms with E-state index >= 15 is 0 Å². The van der Waals surface area contributed by atoms with Gasteiger partial charge in [-0.2, -0.15) is 0 Å². The van der Waals surface area contributed by atoms with E-state index in [1.807, 2.05) is 24.3 Å². The first-order valence-corrected chi connectivity index (χ1v) is 13.3. The topological polar surface area (TPSA) is 85.9 Å². The summed E-state index contributed by atoms with van der Waals surface area (Å²) in [6, 6.07) is 18.0. The number of para-hydroxylation sites is 2. The summed E-state index contributed by atoms with van der Waals surface area (Å²) in [4.78, 5) is 30.4. The molecule has 0 atom stereocenters. The van der Waals surface area contributed by atoms with Gasteiger partial charge in [-0.15, -0.1) is 0 Å². The van der Waals surface area contributed by atoms with Crippen molar-refractivity contribution >= 4 is 57.9 Å². The molecule has 198 valence electrons. The first kappa shape index (κ1) is 26.0. The molecule has 0 aromatic heterocycles. The van der Waals surface area contributed by atoms with Gasteiger partial charge in [-0.3, -0.25) is 4.79 Å². The smallest absolute Gasteiger partial charge is 0.323 e. The number of hydrogen-bond acceptors (Lipinski definition) is 5. The van der Waals surface area contributed by atoms with Crippen molar-refractivity contribution in [3.63, 3.8) is 0 Å². The fourth-order valence-corrected chi connectivity index (χ4v) is 4.97. The Kier molecular flexibility index (Phi) is 7.81. The zero-order chi connectivity index (χ0) is 26.6. The lowest BCUT2D eigenvalue weighted by atomic mass is 10.1. The van der Waals surface area contributed by atoms with Crippen molar-refractivity contribution < 1.29 is 14.3 Å². The van der Waals surface area contributed by atoms with Crippen LogP contribution < -0.4 is 30.5 Å². The van der Waals surface area contributed by atoms with Gasteiger partial charge < -0.3 is 30.5 Å². The minimum absolute atomic E-state index is 0.139. The van der Waals surface area contributed by atoms with Crippen LogP contribution in [0.25, 0.3) is 0 Å². The first-order chi connectivity index (χ1) is 18.4. The zero-order valence-electron chi connectivity index (χ0n) is 21.0. The zero-order valence-corrected chi connectivity index (χ0v) is 22.5. The first-order valence-electron chi connectivity index (χ1n) is 12.5. The van der Waals surface area contributed by atoms with Gasteiger partial charge in [0.25, 0.3) is 5.91 Å². The van der Waals surface area contributed by atoms with E-state index in [2.05, 4.69) is 31.8 Å². The van der Waals surface area contributed by atoms with E-state index in [0.717, 1.165) is 56.1 Å². The van der Waals surface area contributed by atoms with Crippen LogP contribution in [0.15, 0.2) is 60.7 Å². The number of urea groups is 1. The second-order valence-corrected chi connectivity index (χ2v) is 10.2. The second kappa shape index (κ2) is 11.4. The Morgan fingerprint density at radius 3 is 2.26 bits per heavy atom. The fourth-order valence-electron chi connectivity index (χ4n) is 4.52. The summed E-state index contributed by atoms with van der Waals surface area (Å²) >= 11 is 12.1. The van der Waals surface area contributed by atoms with E-state index in [1.54, 1.807) is 37.4 Å². The maximum absolute atomic E-state index is 13.2. The Bertz CT molecular complexity index is 1340. The van der Waals surface area contributed by atoms with Crippen molar-refractivity contribution in [2.24, 2.45) is 0 Å². The molecule has 1 heterocycles. The van der Waals surface area contributed by atoms with Gasteiger partial charge >= 0.3 is 6.03 Å². The Morgan fingerprint density at radius 2 is 1.58 bits per heavy atom. The third kappa shape index (κ3) is 6.09. The maximum atomic E-state index is 13.2. The number of carbonyl (C=O) groups is 2. The fraction of sp³-hybridized carbons (Fsp3) is 0.286. The third-order valence-corrected chi connectivity index (χ3v) is 7.18. The van der Waals surface area contributed by atoms with E-state index in [9.17, 15) is 9.59 Å². The molecule has 3 amide bonds. The average molecular weight is 554 g/mol. The largest absolute Gasteiger partial charge is 0.495 e. The average Bonchev–Trinajstić information content (AvgIpc) is 3.74. The Labute approximate surface area is 231 Å². The van der Waals surface area contributed by atoms with Crippen molar-refractivity contribution in [3.8, 4) is 5.75 Å². The number of benzene rings is 3. The van der Waals surface area contributed by atoms with Gasteiger partial charge in [0, 0.05) is 48.6 Å². The summed E-state index contributed by atoms with van der Waals surface area (Å²) < 4.78 is 5.54. The van der Waals surface area contributed by atoms with Gasteiger partial charge in [-0.1, -0.05) is 35.3 Å². The number of ether oxygens (including phenoxy) is 1. The molecule has 8 nitrogen and oxygen atoms in total. The molecule has 1 aliphatic heterocycles. The van der Waals surface area contributed by atoms with Gasteiger partial charge in [-0.05, 0) is 61.4 Å². The van der Waals surface area contributed by atoms with E-state index in [1.165, 1.54) is 0 Å². The highest BCUT2D eigenvalue weighted by atomic mass is 35.5. The number of methoxy groups -OCH3 is 1. The van der Waals surface area contributed by atoms with Crippen molar-refractivity contribution in [1.82, 2.24) is 5.32 Å². The van der Waals surface area contributed by atoms with E-state index in [4.69, 9.17) is 27.9 Å². The van der Waals surface area contributed by atoms with Gasteiger partial charge in [0.15, 0.2) is 0 Å². The summed E-state index contributed by atoms with van der Waals surface area (Å²) in [5.74, 6) is 0.707. The molecule has 2 fully saturated rings. The highest BCUT2D eigenvalue weighted by Crippen LogP contribution is 2.32. The molecule has 0 spiro atoms. The van der Waals surface area contributed by atoms with Gasteiger partial charge in [-0.25, -0.2) is 4.79 Å². The Balaban J connectivity index is 1.31. The summed E-state index contributed by atoms with van der Waals surface area (Å²) in [7, 11) is 1.68.